The molecule has 0 radical (unpaired) electrons. The number of carbonyl (C=O) groups is 2. The summed E-state index contributed by atoms with van der Waals surface area (Å²) in [4.78, 5) is 25.3. The summed E-state index contributed by atoms with van der Waals surface area (Å²) in [5.41, 5.74) is -3.02. The predicted octanol–water partition coefficient (Wildman–Crippen LogP) is 5.34. The maximum absolute atomic E-state index is 13.2. The number of halogens is 7. The molecule has 1 N–H and O–H groups in total. The third-order valence-corrected chi connectivity index (χ3v) is 5.75. The number of nitrogens with zero attached hydrogens (tertiary/aromatic N) is 1. The van der Waals surface area contributed by atoms with Gasteiger partial charge >= 0.3 is 12.4 Å². The summed E-state index contributed by atoms with van der Waals surface area (Å²) in [5.74, 6) is -0.935. The highest BCUT2D eigenvalue weighted by Crippen LogP contribution is 2.37. The van der Waals surface area contributed by atoms with Crippen molar-refractivity contribution in [3.8, 4) is 0 Å². The number of carbonyl (C=O) groups excluding carboxylic acids is 2. The van der Waals surface area contributed by atoms with Crippen LogP contribution < -0.4 is 5.32 Å². The minimum Gasteiger partial charge on any atom is -0.356 e. The molecular formula is C22H19ClF6N2O2. The SMILES string of the molecule is O=CNC1CCN(C(=O)c2cc(C(F)(F)F)cc(C(F)(F)F)c2)C(Cc2ccc(Cl)cc2)C1. The Morgan fingerprint density at radius 3 is 2.12 bits per heavy atom. The van der Waals surface area contributed by atoms with Gasteiger partial charge in [-0.05, 0) is 55.2 Å². The molecule has 2 atom stereocenters. The van der Waals surface area contributed by atoms with Gasteiger partial charge in [-0.1, -0.05) is 23.7 Å². The first-order valence-electron chi connectivity index (χ1n) is 9.93. The molecular weight excluding hydrogens is 474 g/mol. The van der Waals surface area contributed by atoms with Crippen molar-refractivity contribution in [1.82, 2.24) is 10.2 Å². The topological polar surface area (TPSA) is 49.4 Å². The minimum absolute atomic E-state index is 0.0117. The van der Waals surface area contributed by atoms with E-state index in [1.165, 1.54) is 4.90 Å². The van der Waals surface area contributed by atoms with E-state index in [1.807, 2.05) is 0 Å². The Hall–Kier alpha value is -2.75. The summed E-state index contributed by atoms with van der Waals surface area (Å²) >= 11 is 5.88. The van der Waals surface area contributed by atoms with Crippen LogP contribution in [0.2, 0.25) is 5.02 Å². The third kappa shape index (κ3) is 6.19. The van der Waals surface area contributed by atoms with Crippen molar-refractivity contribution >= 4 is 23.9 Å². The lowest BCUT2D eigenvalue weighted by atomic mass is 9.91. The Labute approximate surface area is 190 Å². The van der Waals surface area contributed by atoms with Crippen LogP contribution in [0.1, 0.15) is 39.9 Å². The van der Waals surface area contributed by atoms with Crippen LogP contribution in [0.15, 0.2) is 42.5 Å². The predicted molar refractivity (Wildman–Crippen MR) is 109 cm³/mol. The first-order valence-corrected chi connectivity index (χ1v) is 10.3. The van der Waals surface area contributed by atoms with Gasteiger partial charge in [-0.25, -0.2) is 0 Å². The average molecular weight is 493 g/mol. The standard InChI is InChI=1S/C22H19ClF6N2O2/c23-17-3-1-13(2-4-17)7-19-11-18(30-12-32)5-6-31(19)20(33)14-8-15(21(24,25)26)10-16(9-14)22(27,28)29/h1-4,8-10,12,18-19H,5-7,11H2,(H,30,32). The highest BCUT2D eigenvalue weighted by Gasteiger charge is 2.39. The fourth-order valence-electron chi connectivity index (χ4n) is 3.90. The summed E-state index contributed by atoms with van der Waals surface area (Å²) < 4.78 is 79.4. The van der Waals surface area contributed by atoms with Crippen LogP contribution in [0, 0.1) is 0 Å². The Morgan fingerprint density at radius 2 is 1.61 bits per heavy atom. The number of piperidine rings is 1. The van der Waals surface area contributed by atoms with Crippen LogP contribution in [0.25, 0.3) is 0 Å². The van der Waals surface area contributed by atoms with E-state index >= 15 is 0 Å². The number of hydrogen-bond donors (Lipinski definition) is 1. The van der Waals surface area contributed by atoms with Crippen LogP contribution in [0.4, 0.5) is 26.3 Å². The number of benzene rings is 2. The van der Waals surface area contributed by atoms with Crippen LogP contribution in [-0.4, -0.2) is 35.8 Å². The maximum atomic E-state index is 13.2. The fourth-order valence-corrected chi connectivity index (χ4v) is 4.02. The first-order chi connectivity index (χ1) is 15.4. The second-order valence-corrected chi connectivity index (χ2v) is 8.22. The van der Waals surface area contributed by atoms with E-state index < -0.39 is 41.0 Å². The van der Waals surface area contributed by atoms with Gasteiger partial charge in [-0.15, -0.1) is 0 Å². The molecule has 2 amide bonds. The molecule has 1 saturated heterocycles. The highest BCUT2D eigenvalue weighted by atomic mass is 35.5. The van der Waals surface area contributed by atoms with Gasteiger partial charge in [-0.3, -0.25) is 9.59 Å². The number of alkyl halides is 6. The lowest BCUT2D eigenvalue weighted by Gasteiger charge is -2.39. The van der Waals surface area contributed by atoms with Crippen molar-refractivity contribution in [1.29, 1.82) is 0 Å². The highest BCUT2D eigenvalue weighted by molar-refractivity contribution is 6.30. The van der Waals surface area contributed by atoms with Gasteiger partial charge in [-0.2, -0.15) is 26.3 Å². The molecule has 1 fully saturated rings. The first kappa shape index (κ1) is 24.9. The molecule has 2 aromatic carbocycles. The molecule has 4 nitrogen and oxygen atoms in total. The molecule has 1 aliphatic rings. The molecule has 11 heteroatoms. The second kappa shape index (κ2) is 9.62. The molecule has 178 valence electrons. The number of amides is 2. The summed E-state index contributed by atoms with van der Waals surface area (Å²) in [5, 5.41) is 3.12. The van der Waals surface area contributed by atoms with Gasteiger partial charge in [0.15, 0.2) is 0 Å². The zero-order valence-corrected chi connectivity index (χ0v) is 17.8. The quantitative estimate of drug-likeness (QED) is 0.452. The zero-order valence-electron chi connectivity index (χ0n) is 17.0. The van der Waals surface area contributed by atoms with Crippen LogP contribution in [0.3, 0.4) is 0 Å². The van der Waals surface area contributed by atoms with Gasteiger partial charge in [0.2, 0.25) is 6.41 Å². The summed E-state index contributed by atoms with van der Waals surface area (Å²) in [6, 6.07) is 6.72. The van der Waals surface area contributed by atoms with Crippen molar-refractivity contribution in [3.05, 3.63) is 69.7 Å². The van der Waals surface area contributed by atoms with E-state index in [4.69, 9.17) is 11.6 Å². The van der Waals surface area contributed by atoms with E-state index in [0.717, 1.165) is 5.56 Å². The number of hydrogen-bond acceptors (Lipinski definition) is 2. The summed E-state index contributed by atoms with van der Waals surface area (Å²) in [6.07, 6.45) is -8.71. The number of likely N-dealkylation sites (tertiary alicyclic amines) is 1. The largest absolute Gasteiger partial charge is 0.416 e. The van der Waals surface area contributed by atoms with Crippen LogP contribution in [0.5, 0.6) is 0 Å². The van der Waals surface area contributed by atoms with E-state index in [0.29, 0.717) is 30.0 Å². The van der Waals surface area contributed by atoms with E-state index in [9.17, 15) is 35.9 Å². The molecule has 0 aromatic heterocycles. The maximum Gasteiger partial charge on any atom is 0.416 e. The van der Waals surface area contributed by atoms with E-state index in [-0.39, 0.29) is 31.5 Å². The van der Waals surface area contributed by atoms with Crippen LogP contribution >= 0.6 is 11.6 Å². The van der Waals surface area contributed by atoms with E-state index in [1.54, 1.807) is 24.3 Å². The molecule has 2 aromatic rings. The van der Waals surface area contributed by atoms with E-state index in [2.05, 4.69) is 5.32 Å². The number of rotatable bonds is 5. The molecule has 3 rings (SSSR count). The van der Waals surface area contributed by atoms with Gasteiger partial charge < -0.3 is 10.2 Å². The lowest BCUT2D eigenvalue weighted by molar-refractivity contribution is -0.143. The fraction of sp³-hybridized carbons (Fsp3) is 0.364. The van der Waals surface area contributed by atoms with Gasteiger partial charge in [0.25, 0.3) is 5.91 Å². The summed E-state index contributed by atoms with van der Waals surface area (Å²) in [7, 11) is 0. The monoisotopic (exact) mass is 492 g/mol. The van der Waals surface area contributed by atoms with Gasteiger partial charge in [0.05, 0.1) is 11.1 Å². The average Bonchev–Trinajstić information content (AvgIpc) is 2.74. The molecule has 1 heterocycles. The molecule has 0 saturated carbocycles. The molecule has 0 aliphatic carbocycles. The molecule has 33 heavy (non-hydrogen) atoms. The van der Waals surface area contributed by atoms with Crippen molar-refractivity contribution in [2.75, 3.05) is 6.54 Å². The summed E-state index contributed by atoms with van der Waals surface area (Å²) in [6.45, 7) is 0.0557. The Balaban J connectivity index is 1.96. The normalized spacial score (nSPS) is 19.3. The minimum atomic E-state index is -5.06. The molecule has 1 aliphatic heterocycles. The Bertz CT molecular complexity index is 975. The third-order valence-electron chi connectivity index (χ3n) is 5.50. The van der Waals surface area contributed by atoms with Crippen LogP contribution in [-0.2, 0) is 23.6 Å². The van der Waals surface area contributed by atoms with Crippen molar-refractivity contribution in [2.45, 2.75) is 43.7 Å². The van der Waals surface area contributed by atoms with Gasteiger partial charge in [0.1, 0.15) is 0 Å². The zero-order chi connectivity index (χ0) is 24.4. The van der Waals surface area contributed by atoms with Gasteiger partial charge in [0, 0.05) is 29.2 Å². The lowest BCUT2D eigenvalue weighted by Crippen LogP contribution is -2.51. The molecule has 2 unspecified atom stereocenters. The van der Waals surface area contributed by atoms with Crippen molar-refractivity contribution in [3.63, 3.8) is 0 Å². The van der Waals surface area contributed by atoms with Crippen molar-refractivity contribution in [2.24, 2.45) is 0 Å². The second-order valence-electron chi connectivity index (χ2n) is 7.78. The molecule has 0 bridgehead atoms. The Kier molecular flexibility index (Phi) is 7.26. The smallest absolute Gasteiger partial charge is 0.356 e. The molecule has 0 spiro atoms. The Morgan fingerprint density at radius 1 is 1.03 bits per heavy atom. The number of nitrogens with one attached hydrogen (secondary N) is 1. The van der Waals surface area contributed by atoms with Crippen molar-refractivity contribution < 1.29 is 35.9 Å².